The summed E-state index contributed by atoms with van der Waals surface area (Å²) in [5.74, 6) is -1.73. The fourth-order valence-electron chi connectivity index (χ4n) is 0.935. The average Bonchev–Trinajstić information content (AvgIpc) is 2.16. The second-order valence-corrected chi connectivity index (χ2v) is 2.58. The van der Waals surface area contributed by atoms with Gasteiger partial charge in [0.1, 0.15) is 12.9 Å². The van der Waals surface area contributed by atoms with Gasteiger partial charge in [0, 0.05) is 0 Å². The van der Waals surface area contributed by atoms with Crippen LogP contribution in [0.4, 0.5) is 10.2 Å². The highest BCUT2D eigenvalue weighted by molar-refractivity contribution is 5.72. The van der Waals surface area contributed by atoms with Gasteiger partial charge in [0.2, 0.25) is 0 Å². The van der Waals surface area contributed by atoms with Gasteiger partial charge in [-0.3, -0.25) is 4.79 Å². The summed E-state index contributed by atoms with van der Waals surface area (Å²) in [6.07, 6.45) is 1.64. The van der Waals surface area contributed by atoms with Gasteiger partial charge in [-0.25, -0.2) is 14.4 Å². The summed E-state index contributed by atoms with van der Waals surface area (Å²) in [5, 5.41) is 10.7. The number of nitrogens with one attached hydrogen (secondary N) is 1. The zero-order chi connectivity index (χ0) is 10.6. The molecule has 0 aliphatic carbocycles. The molecule has 0 fully saturated rings. The number of aryl methyl sites for hydroxylation is 1. The Hall–Kier alpha value is -1.72. The zero-order valence-corrected chi connectivity index (χ0v) is 7.62. The molecule has 0 unspecified atom stereocenters. The summed E-state index contributed by atoms with van der Waals surface area (Å²) in [6, 6.07) is 0. The number of carboxylic acids is 1. The molecule has 0 saturated carbocycles. The Morgan fingerprint density at radius 1 is 1.64 bits per heavy atom. The van der Waals surface area contributed by atoms with E-state index in [9.17, 15) is 9.18 Å². The van der Waals surface area contributed by atoms with E-state index >= 15 is 0 Å². The predicted octanol–water partition coefficient (Wildman–Crippen LogP) is 0.675. The van der Waals surface area contributed by atoms with Crippen molar-refractivity contribution >= 4 is 11.8 Å². The fraction of sp³-hybridized carbons (Fsp3) is 0.375. The Morgan fingerprint density at radius 3 is 2.93 bits per heavy atom. The summed E-state index contributed by atoms with van der Waals surface area (Å²) in [4.78, 5) is 17.5. The van der Waals surface area contributed by atoms with Gasteiger partial charge in [0.25, 0.3) is 0 Å². The molecule has 0 aliphatic rings. The molecule has 1 rings (SSSR count). The topological polar surface area (TPSA) is 75.1 Å². The standard InChI is InChI=1S/C8H10FN3O2/c1-2-5-7(9)8(12-4-11-5)10-3-6(13)14/h4H,2-3H2,1H3,(H,13,14)(H,10,11,12). The quantitative estimate of drug-likeness (QED) is 0.745. The van der Waals surface area contributed by atoms with Gasteiger partial charge in [0.05, 0.1) is 5.69 Å². The summed E-state index contributed by atoms with van der Waals surface area (Å²) in [5.41, 5.74) is 0.271. The molecule has 0 aromatic carbocycles. The number of aliphatic carboxylic acids is 1. The van der Waals surface area contributed by atoms with Gasteiger partial charge in [-0.1, -0.05) is 6.92 Å². The van der Waals surface area contributed by atoms with E-state index in [1.165, 1.54) is 6.33 Å². The molecule has 0 atom stereocenters. The molecule has 0 radical (unpaired) electrons. The molecule has 5 nitrogen and oxygen atoms in total. The Balaban J connectivity index is 2.81. The van der Waals surface area contributed by atoms with E-state index < -0.39 is 11.8 Å². The minimum absolute atomic E-state index is 0.0701. The fourth-order valence-corrected chi connectivity index (χ4v) is 0.935. The number of carbonyl (C=O) groups is 1. The molecule has 6 heteroatoms. The van der Waals surface area contributed by atoms with Crippen molar-refractivity contribution in [2.24, 2.45) is 0 Å². The van der Waals surface area contributed by atoms with Crippen molar-refractivity contribution in [3.63, 3.8) is 0 Å². The minimum Gasteiger partial charge on any atom is -0.480 e. The average molecular weight is 199 g/mol. The highest BCUT2D eigenvalue weighted by Gasteiger charge is 2.09. The van der Waals surface area contributed by atoms with E-state index in [1.807, 2.05) is 0 Å². The third-order valence-corrected chi connectivity index (χ3v) is 1.60. The van der Waals surface area contributed by atoms with Crippen molar-refractivity contribution in [2.45, 2.75) is 13.3 Å². The number of aromatic nitrogens is 2. The van der Waals surface area contributed by atoms with Crippen LogP contribution in [0, 0.1) is 5.82 Å². The smallest absolute Gasteiger partial charge is 0.322 e. The van der Waals surface area contributed by atoms with E-state index in [0.29, 0.717) is 6.42 Å². The molecule has 1 aromatic rings. The van der Waals surface area contributed by atoms with Crippen LogP contribution >= 0.6 is 0 Å². The third kappa shape index (κ3) is 2.38. The van der Waals surface area contributed by atoms with Gasteiger partial charge in [-0.15, -0.1) is 0 Å². The van der Waals surface area contributed by atoms with Gasteiger partial charge in [0.15, 0.2) is 11.6 Å². The van der Waals surface area contributed by atoms with Crippen molar-refractivity contribution in [1.29, 1.82) is 0 Å². The molecule has 0 saturated heterocycles. The van der Waals surface area contributed by atoms with Crippen molar-refractivity contribution in [2.75, 3.05) is 11.9 Å². The number of halogens is 1. The maximum absolute atomic E-state index is 13.3. The second-order valence-electron chi connectivity index (χ2n) is 2.58. The van der Waals surface area contributed by atoms with Crippen molar-refractivity contribution < 1.29 is 14.3 Å². The van der Waals surface area contributed by atoms with E-state index in [0.717, 1.165) is 0 Å². The Kier molecular flexibility index (Phi) is 3.33. The molecule has 76 valence electrons. The van der Waals surface area contributed by atoms with Crippen LogP contribution in [-0.4, -0.2) is 27.6 Å². The highest BCUT2D eigenvalue weighted by Crippen LogP contribution is 2.12. The van der Waals surface area contributed by atoms with Gasteiger partial charge in [-0.2, -0.15) is 0 Å². The number of hydrogen-bond donors (Lipinski definition) is 2. The monoisotopic (exact) mass is 199 g/mol. The van der Waals surface area contributed by atoms with Crippen molar-refractivity contribution in [3.05, 3.63) is 17.8 Å². The van der Waals surface area contributed by atoms with Gasteiger partial charge in [-0.05, 0) is 6.42 Å². The molecule has 0 bridgehead atoms. The predicted molar refractivity (Wildman–Crippen MR) is 47.5 cm³/mol. The molecule has 1 aromatic heterocycles. The number of rotatable bonds is 4. The summed E-state index contributed by atoms with van der Waals surface area (Å²) < 4.78 is 13.3. The lowest BCUT2D eigenvalue weighted by molar-refractivity contribution is -0.134. The lowest BCUT2D eigenvalue weighted by Crippen LogP contribution is -2.15. The van der Waals surface area contributed by atoms with E-state index in [4.69, 9.17) is 5.11 Å². The van der Waals surface area contributed by atoms with Crippen LogP contribution in [0.25, 0.3) is 0 Å². The second kappa shape index (κ2) is 4.50. The number of nitrogens with zero attached hydrogens (tertiary/aromatic N) is 2. The molecule has 14 heavy (non-hydrogen) atoms. The maximum atomic E-state index is 13.3. The van der Waals surface area contributed by atoms with Crippen molar-refractivity contribution in [3.8, 4) is 0 Å². The van der Waals surface area contributed by atoms with Crippen molar-refractivity contribution in [1.82, 2.24) is 9.97 Å². The van der Waals surface area contributed by atoms with Crippen LogP contribution in [0.15, 0.2) is 6.33 Å². The van der Waals surface area contributed by atoms with Crippen LogP contribution in [0.5, 0.6) is 0 Å². The minimum atomic E-state index is -1.07. The molecular weight excluding hydrogens is 189 g/mol. The maximum Gasteiger partial charge on any atom is 0.322 e. The Bertz CT molecular complexity index is 343. The lowest BCUT2D eigenvalue weighted by Gasteiger charge is -2.05. The van der Waals surface area contributed by atoms with Crippen LogP contribution < -0.4 is 5.32 Å². The molecule has 0 spiro atoms. The van der Waals surface area contributed by atoms with E-state index in [1.54, 1.807) is 6.92 Å². The van der Waals surface area contributed by atoms with Gasteiger partial charge >= 0.3 is 5.97 Å². The number of hydrogen-bond acceptors (Lipinski definition) is 4. The van der Waals surface area contributed by atoms with E-state index in [-0.39, 0.29) is 18.1 Å². The van der Waals surface area contributed by atoms with Gasteiger partial charge < -0.3 is 10.4 Å². The lowest BCUT2D eigenvalue weighted by atomic mass is 10.3. The molecule has 0 amide bonds. The zero-order valence-electron chi connectivity index (χ0n) is 7.62. The molecule has 1 heterocycles. The van der Waals surface area contributed by atoms with Crippen LogP contribution in [0.2, 0.25) is 0 Å². The first-order valence-corrected chi connectivity index (χ1v) is 4.10. The SMILES string of the molecule is CCc1ncnc(NCC(=O)O)c1F. The molecular formula is C8H10FN3O2. The number of anilines is 1. The summed E-state index contributed by atoms with van der Waals surface area (Å²) >= 11 is 0. The Morgan fingerprint density at radius 2 is 2.36 bits per heavy atom. The normalized spacial score (nSPS) is 9.86. The Labute approximate surface area is 80.0 Å². The first-order chi connectivity index (χ1) is 6.65. The van der Waals surface area contributed by atoms with Crippen LogP contribution in [0.1, 0.15) is 12.6 Å². The highest BCUT2D eigenvalue weighted by atomic mass is 19.1. The summed E-state index contributed by atoms with van der Waals surface area (Å²) in [6.45, 7) is 1.39. The first-order valence-electron chi connectivity index (χ1n) is 4.10. The molecule has 0 aliphatic heterocycles. The van der Waals surface area contributed by atoms with E-state index in [2.05, 4.69) is 15.3 Å². The largest absolute Gasteiger partial charge is 0.480 e. The van der Waals surface area contributed by atoms with Crippen LogP contribution in [0.3, 0.4) is 0 Å². The number of carboxylic acid groups (broad SMARTS) is 1. The third-order valence-electron chi connectivity index (χ3n) is 1.60. The van der Waals surface area contributed by atoms with Crippen LogP contribution in [-0.2, 0) is 11.2 Å². The first kappa shape index (κ1) is 10.4. The molecule has 2 N–H and O–H groups in total. The summed E-state index contributed by atoms with van der Waals surface area (Å²) in [7, 11) is 0.